The maximum atomic E-state index is 6.07. The molecule has 0 aliphatic heterocycles. The molecule has 1 aromatic carbocycles. The number of nitrogens with zero attached hydrogens (tertiary/aromatic N) is 2. The van der Waals surface area contributed by atoms with Gasteiger partial charge < -0.3 is 5.73 Å². The Morgan fingerprint density at radius 3 is 2.80 bits per heavy atom. The summed E-state index contributed by atoms with van der Waals surface area (Å²) in [4.78, 5) is 4.33. The van der Waals surface area contributed by atoms with Gasteiger partial charge >= 0.3 is 0 Å². The van der Waals surface area contributed by atoms with E-state index in [1.165, 1.54) is 0 Å². The minimum absolute atomic E-state index is 0.408. The Morgan fingerprint density at radius 1 is 1.20 bits per heavy atom. The molecule has 0 unspecified atom stereocenters. The molecule has 0 saturated heterocycles. The van der Waals surface area contributed by atoms with Gasteiger partial charge in [-0.25, -0.2) is 0 Å². The van der Waals surface area contributed by atoms with Crippen LogP contribution < -0.4 is 5.73 Å². The van der Waals surface area contributed by atoms with Crippen molar-refractivity contribution in [3.63, 3.8) is 0 Å². The van der Waals surface area contributed by atoms with E-state index in [0.29, 0.717) is 10.8 Å². The van der Waals surface area contributed by atoms with E-state index < -0.39 is 0 Å². The molecule has 0 bridgehead atoms. The number of pyridine rings is 1. The highest BCUT2D eigenvalue weighted by Crippen LogP contribution is 2.37. The summed E-state index contributed by atoms with van der Waals surface area (Å²) in [5, 5.41) is 7.68. The fourth-order valence-electron chi connectivity index (χ4n) is 2.01. The Bertz CT molecular complexity index is 755. The summed E-state index contributed by atoms with van der Waals surface area (Å²) >= 11 is 9.59. The molecular weight excluding hydrogens is 340 g/mol. The molecule has 2 aromatic heterocycles. The molecule has 0 amide bonds. The molecule has 3 aromatic rings. The topological polar surface area (TPSA) is 67.6 Å². The van der Waals surface area contributed by atoms with Crippen molar-refractivity contribution < 1.29 is 0 Å². The number of aromatic nitrogens is 3. The molecule has 0 saturated carbocycles. The largest absolute Gasteiger partial charge is 0.382 e. The van der Waals surface area contributed by atoms with Crippen molar-refractivity contribution in [2.75, 3.05) is 5.73 Å². The lowest BCUT2D eigenvalue weighted by molar-refractivity contribution is 1.10. The molecule has 4 nitrogen and oxygen atoms in total. The summed E-state index contributed by atoms with van der Waals surface area (Å²) in [6.45, 7) is 0. The summed E-state index contributed by atoms with van der Waals surface area (Å²) < 4.78 is 0.905. The summed E-state index contributed by atoms with van der Waals surface area (Å²) in [5.41, 5.74) is 9.18. The molecule has 0 aliphatic rings. The molecular formula is C14H10BrClN4. The number of rotatable bonds is 2. The SMILES string of the molecule is Nc1n[nH]c(-c2cc(Cl)ccc2Br)c1-c1ccccn1. The number of nitrogens with two attached hydrogens (primary N) is 1. The van der Waals surface area contributed by atoms with Crippen molar-refractivity contribution in [2.24, 2.45) is 0 Å². The molecule has 0 radical (unpaired) electrons. The molecule has 6 heteroatoms. The smallest absolute Gasteiger partial charge is 0.155 e. The van der Waals surface area contributed by atoms with Crippen LogP contribution in [0.5, 0.6) is 0 Å². The van der Waals surface area contributed by atoms with E-state index in [1.54, 1.807) is 6.20 Å². The summed E-state index contributed by atoms with van der Waals surface area (Å²) in [5.74, 6) is 0.408. The fraction of sp³-hybridized carbons (Fsp3) is 0. The Balaban J connectivity index is 2.24. The highest BCUT2D eigenvalue weighted by Gasteiger charge is 2.17. The predicted octanol–water partition coefficient (Wildman–Crippen LogP) is 4.14. The van der Waals surface area contributed by atoms with Crippen LogP contribution in [0.3, 0.4) is 0 Å². The van der Waals surface area contributed by atoms with Crippen LogP contribution in [-0.2, 0) is 0 Å². The first-order chi connectivity index (χ1) is 9.66. The Kier molecular flexibility index (Phi) is 3.46. The van der Waals surface area contributed by atoms with Crippen molar-refractivity contribution in [3.05, 3.63) is 52.1 Å². The van der Waals surface area contributed by atoms with Crippen LogP contribution in [0, 0.1) is 0 Å². The number of anilines is 1. The zero-order valence-corrected chi connectivity index (χ0v) is 12.6. The van der Waals surface area contributed by atoms with E-state index in [4.69, 9.17) is 17.3 Å². The van der Waals surface area contributed by atoms with Crippen molar-refractivity contribution in [2.45, 2.75) is 0 Å². The quantitative estimate of drug-likeness (QED) is 0.730. The molecule has 0 atom stereocenters. The lowest BCUT2D eigenvalue weighted by atomic mass is 10.0. The van der Waals surface area contributed by atoms with Gasteiger partial charge in [0, 0.05) is 21.3 Å². The number of aromatic amines is 1. The fourth-order valence-corrected chi connectivity index (χ4v) is 2.63. The number of hydrogen-bond acceptors (Lipinski definition) is 3. The van der Waals surface area contributed by atoms with E-state index in [2.05, 4.69) is 31.1 Å². The molecule has 0 fully saturated rings. The Morgan fingerprint density at radius 2 is 2.05 bits per heavy atom. The van der Waals surface area contributed by atoms with Gasteiger partial charge in [0.1, 0.15) is 0 Å². The zero-order valence-electron chi connectivity index (χ0n) is 10.3. The lowest BCUT2D eigenvalue weighted by Gasteiger charge is -2.06. The molecule has 0 spiro atoms. The maximum Gasteiger partial charge on any atom is 0.155 e. The maximum absolute atomic E-state index is 6.07. The second-order valence-corrected chi connectivity index (χ2v) is 5.49. The first-order valence-corrected chi connectivity index (χ1v) is 7.04. The first kappa shape index (κ1) is 13.1. The summed E-state index contributed by atoms with van der Waals surface area (Å²) in [6.07, 6.45) is 1.72. The summed E-state index contributed by atoms with van der Waals surface area (Å²) in [7, 11) is 0. The van der Waals surface area contributed by atoms with Gasteiger partial charge in [0.25, 0.3) is 0 Å². The molecule has 3 rings (SSSR count). The number of nitrogens with one attached hydrogen (secondary N) is 1. The summed E-state index contributed by atoms with van der Waals surface area (Å²) in [6, 6.07) is 11.2. The monoisotopic (exact) mass is 348 g/mol. The van der Waals surface area contributed by atoms with Gasteiger partial charge in [0.2, 0.25) is 0 Å². The third-order valence-corrected chi connectivity index (χ3v) is 3.84. The van der Waals surface area contributed by atoms with Gasteiger partial charge in [-0.15, -0.1) is 0 Å². The average Bonchev–Trinajstić information content (AvgIpc) is 2.84. The Labute approximate surface area is 129 Å². The van der Waals surface area contributed by atoms with Crippen molar-refractivity contribution in [1.29, 1.82) is 0 Å². The second kappa shape index (κ2) is 5.26. The highest BCUT2D eigenvalue weighted by molar-refractivity contribution is 9.10. The molecule has 0 aliphatic carbocycles. The van der Waals surface area contributed by atoms with E-state index in [0.717, 1.165) is 27.0 Å². The van der Waals surface area contributed by atoms with Crippen molar-refractivity contribution in [3.8, 4) is 22.5 Å². The number of H-pyrrole nitrogens is 1. The molecule has 100 valence electrons. The average molecular weight is 350 g/mol. The number of nitrogen functional groups attached to an aromatic ring is 1. The Hall–Kier alpha value is -1.85. The standard InChI is InChI=1S/C14H10BrClN4/c15-10-5-4-8(16)7-9(10)13-12(14(17)20-19-13)11-3-1-2-6-18-11/h1-7H,(H3,17,19,20). The van der Waals surface area contributed by atoms with Gasteiger partial charge in [-0.3, -0.25) is 10.1 Å². The highest BCUT2D eigenvalue weighted by atomic mass is 79.9. The van der Waals surface area contributed by atoms with E-state index in [9.17, 15) is 0 Å². The lowest BCUT2D eigenvalue weighted by Crippen LogP contribution is -1.91. The normalized spacial score (nSPS) is 10.7. The van der Waals surface area contributed by atoms with Gasteiger partial charge in [-0.1, -0.05) is 33.6 Å². The van der Waals surface area contributed by atoms with Crippen molar-refractivity contribution >= 4 is 33.3 Å². The molecule has 20 heavy (non-hydrogen) atoms. The number of hydrogen-bond donors (Lipinski definition) is 2. The van der Waals surface area contributed by atoms with E-state index >= 15 is 0 Å². The number of halogens is 2. The minimum Gasteiger partial charge on any atom is -0.382 e. The molecule has 3 N–H and O–H groups in total. The van der Waals surface area contributed by atoms with Crippen LogP contribution in [0.2, 0.25) is 5.02 Å². The van der Waals surface area contributed by atoms with Crippen LogP contribution in [0.15, 0.2) is 47.1 Å². The predicted molar refractivity (Wildman–Crippen MR) is 84.4 cm³/mol. The van der Waals surface area contributed by atoms with Crippen LogP contribution in [0.25, 0.3) is 22.5 Å². The van der Waals surface area contributed by atoms with Crippen LogP contribution in [0.1, 0.15) is 0 Å². The third kappa shape index (κ3) is 2.30. The zero-order chi connectivity index (χ0) is 14.1. The van der Waals surface area contributed by atoms with Gasteiger partial charge in [0.15, 0.2) is 5.82 Å². The van der Waals surface area contributed by atoms with E-state index in [1.807, 2.05) is 36.4 Å². The van der Waals surface area contributed by atoms with Gasteiger partial charge in [-0.2, -0.15) is 5.10 Å². The van der Waals surface area contributed by atoms with Crippen LogP contribution >= 0.6 is 27.5 Å². The van der Waals surface area contributed by atoms with E-state index in [-0.39, 0.29) is 0 Å². The third-order valence-electron chi connectivity index (χ3n) is 2.91. The van der Waals surface area contributed by atoms with Crippen molar-refractivity contribution in [1.82, 2.24) is 15.2 Å². The molecule has 2 heterocycles. The first-order valence-electron chi connectivity index (χ1n) is 5.87. The van der Waals surface area contributed by atoms with Crippen LogP contribution in [-0.4, -0.2) is 15.2 Å². The number of benzene rings is 1. The van der Waals surface area contributed by atoms with Gasteiger partial charge in [-0.05, 0) is 30.3 Å². The minimum atomic E-state index is 0.408. The van der Waals surface area contributed by atoms with Gasteiger partial charge in [0.05, 0.1) is 17.0 Å². The second-order valence-electron chi connectivity index (χ2n) is 4.20. The van der Waals surface area contributed by atoms with Crippen LogP contribution in [0.4, 0.5) is 5.82 Å².